The smallest absolute Gasteiger partial charge is 0.322 e. The first kappa shape index (κ1) is 29.1. The van der Waals surface area contributed by atoms with Crippen LogP contribution in [-0.2, 0) is 27.8 Å². The van der Waals surface area contributed by atoms with Crippen LogP contribution in [-0.4, -0.2) is 37.0 Å². The number of rotatable bonds is 10. The van der Waals surface area contributed by atoms with Gasteiger partial charge in [-0.2, -0.15) is 4.31 Å². The topological polar surface area (TPSA) is 97.1 Å². The molecule has 0 saturated heterocycles. The van der Waals surface area contributed by atoms with Gasteiger partial charge in [0.1, 0.15) is 23.1 Å². The third-order valence-electron chi connectivity index (χ3n) is 7.67. The number of benzene rings is 4. The molecule has 0 aliphatic rings. The first-order chi connectivity index (χ1) is 20.1. The monoisotopic (exact) mass is 583 g/mol. The summed E-state index contributed by atoms with van der Waals surface area (Å²) in [5, 5.41) is 11.4. The van der Waals surface area contributed by atoms with Gasteiger partial charge in [0.05, 0.1) is 12.0 Å². The van der Waals surface area contributed by atoms with Gasteiger partial charge in [-0.3, -0.25) is 4.79 Å². The van der Waals surface area contributed by atoms with Crippen molar-refractivity contribution in [2.75, 3.05) is 7.11 Å². The van der Waals surface area contributed by atoms with Crippen LogP contribution in [0.1, 0.15) is 27.8 Å². The maximum absolute atomic E-state index is 14.5. The van der Waals surface area contributed by atoms with E-state index in [1.54, 1.807) is 39.0 Å². The molecular formula is C34H33NO6S. The number of fused-ring (bicyclic) bond motifs is 1. The van der Waals surface area contributed by atoms with Gasteiger partial charge in [0.2, 0.25) is 10.0 Å². The van der Waals surface area contributed by atoms with Gasteiger partial charge in [-0.25, -0.2) is 8.42 Å². The van der Waals surface area contributed by atoms with Crippen molar-refractivity contribution in [3.8, 4) is 17.1 Å². The lowest BCUT2D eigenvalue weighted by molar-refractivity contribution is -0.141. The molecule has 0 fully saturated rings. The molecule has 5 aromatic rings. The van der Waals surface area contributed by atoms with Gasteiger partial charge >= 0.3 is 5.97 Å². The number of hydrogen-bond acceptors (Lipinski definition) is 5. The summed E-state index contributed by atoms with van der Waals surface area (Å²) in [6, 6.07) is 26.4. The number of para-hydroxylation sites is 1. The highest BCUT2D eigenvalue weighted by molar-refractivity contribution is 7.89. The maximum Gasteiger partial charge on any atom is 0.322 e. The molecule has 0 aliphatic carbocycles. The quantitative estimate of drug-likeness (QED) is 0.192. The van der Waals surface area contributed by atoms with E-state index in [1.807, 2.05) is 72.8 Å². The number of hydrogen-bond donors (Lipinski definition) is 1. The molecule has 5 rings (SSSR count). The first-order valence-electron chi connectivity index (χ1n) is 13.6. The van der Waals surface area contributed by atoms with E-state index >= 15 is 0 Å². The standard InChI is InChI=1S/C34H33NO6S/c1-22-18-31(40-4)23(2)24(3)33(22)42(38,39)35(29(34(36)37)19-25-10-6-5-7-11-25)21-26-14-16-27(17-15-26)32-20-28-12-8-9-13-30(28)41-32/h5-18,20,29H,19,21H2,1-4H3,(H,36,37). The molecule has 0 aliphatic heterocycles. The zero-order chi connectivity index (χ0) is 30.0. The van der Waals surface area contributed by atoms with E-state index in [1.165, 1.54) is 7.11 Å². The fraction of sp³-hybridized carbons (Fsp3) is 0.206. The highest BCUT2D eigenvalue weighted by Gasteiger charge is 2.38. The van der Waals surface area contributed by atoms with Crippen molar-refractivity contribution < 1.29 is 27.5 Å². The van der Waals surface area contributed by atoms with Crippen molar-refractivity contribution in [1.29, 1.82) is 0 Å². The van der Waals surface area contributed by atoms with Gasteiger partial charge in [0, 0.05) is 17.5 Å². The fourth-order valence-electron chi connectivity index (χ4n) is 5.34. The Morgan fingerprint density at radius 3 is 2.19 bits per heavy atom. The first-order valence-corrected chi connectivity index (χ1v) is 15.1. The molecule has 216 valence electrons. The average molecular weight is 584 g/mol. The van der Waals surface area contributed by atoms with E-state index in [0.29, 0.717) is 33.8 Å². The van der Waals surface area contributed by atoms with Gasteiger partial charge in [0.25, 0.3) is 0 Å². The second-order valence-corrected chi connectivity index (χ2v) is 12.2. The molecular weight excluding hydrogens is 550 g/mol. The summed E-state index contributed by atoms with van der Waals surface area (Å²) in [7, 11) is -2.73. The zero-order valence-electron chi connectivity index (χ0n) is 24.0. The molecule has 42 heavy (non-hydrogen) atoms. The summed E-state index contributed by atoms with van der Waals surface area (Å²) in [6.07, 6.45) is 0.0136. The van der Waals surface area contributed by atoms with Crippen molar-refractivity contribution in [2.45, 2.75) is 44.7 Å². The molecule has 7 nitrogen and oxygen atoms in total. The number of aliphatic carboxylic acids is 1. The predicted molar refractivity (Wildman–Crippen MR) is 163 cm³/mol. The average Bonchev–Trinajstić information content (AvgIpc) is 3.42. The predicted octanol–water partition coefficient (Wildman–Crippen LogP) is 6.92. The van der Waals surface area contributed by atoms with E-state index in [0.717, 1.165) is 26.4 Å². The van der Waals surface area contributed by atoms with Crippen LogP contribution in [0.2, 0.25) is 0 Å². The molecule has 1 atom stereocenters. The molecule has 4 aromatic carbocycles. The summed E-state index contributed by atoms with van der Waals surface area (Å²) < 4.78 is 41.5. The lowest BCUT2D eigenvalue weighted by atomic mass is 10.0. The van der Waals surface area contributed by atoms with Crippen LogP contribution in [0.15, 0.2) is 100 Å². The molecule has 0 amide bonds. The lowest BCUT2D eigenvalue weighted by Crippen LogP contribution is -2.46. The normalized spacial score (nSPS) is 12.5. The van der Waals surface area contributed by atoms with E-state index < -0.39 is 22.0 Å². The van der Waals surface area contributed by atoms with Crippen LogP contribution in [0.4, 0.5) is 0 Å². The van der Waals surface area contributed by atoms with Gasteiger partial charge in [0.15, 0.2) is 0 Å². The second-order valence-electron chi connectivity index (χ2n) is 10.4. The van der Waals surface area contributed by atoms with Gasteiger partial charge < -0.3 is 14.3 Å². The highest BCUT2D eigenvalue weighted by atomic mass is 32.2. The second kappa shape index (κ2) is 11.8. The van der Waals surface area contributed by atoms with Crippen molar-refractivity contribution in [1.82, 2.24) is 4.31 Å². The number of nitrogens with zero attached hydrogens (tertiary/aromatic N) is 1. The van der Waals surface area contributed by atoms with Crippen LogP contribution < -0.4 is 4.74 Å². The summed E-state index contributed by atoms with van der Waals surface area (Å²) in [4.78, 5) is 12.8. The number of ether oxygens (including phenoxy) is 1. The van der Waals surface area contributed by atoms with E-state index in [4.69, 9.17) is 9.15 Å². The maximum atomic E-state index is 14.5. The summed E-state index contributed by atoms with van der Waals surface area (Å²) in [5.74, 6) is 0.0530. The number of carboxylic acids is 1. The Morgan fingerprint density at radius 1 is 0.881 bits per heavy atom. The number of carboxylic acid groups (broad SMARTS) is 1. The van der Waals surface area contributed by atoms with E-state index in [9.17, 15) is 18.3 Å². The minimum atomic E-state index is -4.27. The zero-order valence-corrected chi connectivity index (χ0v) is 24.8. The number of aryl methyl sites for hydroxylation is 1. The number of furan rings is 1. The number of carbonyl (C=O) groups is 1. The van der Waals surface area contributed by atoms with Gasteiger partial charge in [-0.05, 0) is 73.2 Å². The third-order valence-corrected chi connectivity index (χ3v) is 9.82. The molecule has 1 aromatic heterocycles. The third kappa shape index (κ3) is 5.68. The largest absolute Gasteiger partial charge is 0.496 e. The highest BCUT2D eigenvalue weighted by Crippen LogP contribution is 2.35. The Kier molecular flexibility index (Phi) is 8.20. The molecule has 1 heterocycles. The summed E-state index contributed by atoms with van der Waals surface area (Å²) in [6.45, 7) is 5.10. The number of methoxy groups -OCH3 is 1. The van der Waals surface area contributed by atoms with Crippen LogP contribution in [0.3, 0.4) is 0 Å². The van der Waals surface area contributed by atoms with Crippen molar-refractivity contribution in [2.24, 2.45) is 0 Å². The molecule has 8 heteroatoms. The van der Waals surface area contributed by atoms with Crippen LogP contribution >= 0.6 is 0 Å². The Hall–Kier alpha value is -4.40. The molecule has 0 bridgehead atoms. The Morgan fingerprint density at radius 2 is 1.55 bits per heavy atom. The SMILES string of the molecule is COc1cc(C)c(S(=O)(=O)N(Cc2ccc(-c3cc4ccccc4o3)cc2)C(Cc2ccccc2)C(=O)O)c(C)c1C. The molecule has 0 radical (unpaired) electrons. The lowest BCUT2D eigenvalue weighted by Gasteiger charge is -2.30. The molecule has 0 spiro atoms. The minimum absolute atomic E-state index is 0.0136. The van der Waals surface area contributed by atoms with E-state index in [2.05, 4.69) is 0 Å². The van der Waals surface area contributed by atoms with Gasteiger partial charge in [-0.15, -0.1) is 0 Å². The van der Waals surface area contributed by atoms with Crippen molar-refractivity contribution in [3.05, 3.63) is 119 Å². The van der Waals surface area contributed by atoms with Crippen LogP contribution in [0, 0.1) is 20.8 Å². The number of sulfonamides is 1. The minimum Gasteiger partial charge on any atom is -0.496 e. The van der Waals surface area contributed by atoms with E-state index in [-0.39, 0.29) is 17.9 Å². The Bertz CT molecular complexity index is 1810. The van der Waals surface area contributed by atoms with Crippen LogP contribution in [0.25, 0.3) is 22.3 Å². The summed E-state index contributed by atoms with van der Waals surface area (Å²) >= 11 is 0. The van der Waals surface area contributed by atoms with Gasteiger partial charge in [-0.1, -0.05) is 72.8 Å². The molecule has 1 unspecified atom stereocenters. The van der Waals surface area contributed by atoms with Crippen molar-refractivity contribution in [3.63, 3.8) is 0 Å². The fourth-order valence-corrected chi connectivity index (χ4v) is 7.40. The van der Waals surface area contributed by atoms with Crippen LogP contribution in [0.5, 0.6) is 5.75 Å². The Balaban J connectivity index is 1.57. The summed E-state index contributed by atoms with van der Waals surface area (Å²) in [5.41, 5.74) is 4.69. The molecule has 1 N–H and O–H groups in total. The Labute approximate surface area is 246 Å². The van der Waals surface area contributed by atoms with Crippen molar-refractivity contribution >= 4 is 27.0 Å². The molecule has 0 saturated carbocycles.